The highest BCUT2D eigenvalue weighted by Gasteiger charge is 2.20. The van der Waals surface area contributed by atoms with E-state index in [1.54, 1.807) is 31.4 Å². The predicted molar refractivity (Wildman–Crippen MR) is 131 cm³/mol. The van der Waals surface area contributed by atoms with E-state index in [0.717, 1.165) is 27.8 Å². The lowest BCUT2D eigenvalue weighted by Gasteiger charge is -2.22. The molecular formula is C27H28N2O4. The molecule has 1 amide bonds. The Labute approximate surface area is 193 Å². The summed E-state index contributed by atoms with van der Waals surface area (Å²) in [5, 5.41) is 3.37. The largest absolute Gasteiger partial charge is 0.497 e. The SMILES string of the molecule is CNC(=O)Oc1ccc(/C=C/C=C/C(=O)c2ccc3cc(OC)ccc3n2)cc1C(C)(C)C. The number of carbonyl (C=O) groups is 2. The molecular weight excluding hydrogens is 416 g/mol. The summed E-state index contributed by atoms with van der Waals surface area (Å²) >= 11 is 0. The molecule has 0 saturated carbocycles. The molecule has 0 unspecified atom stereocenters. The number of pyridine rings is 1. The number of amides is 1. The third-order valence-corrected chi connectivity index (χ3v) is 5.01. The van der Waals surface area contributed by atoms with Gasteiger partial charge in [0, 0.05) is 18.0 Å². The molecule has 0 bridgehead atoms. The maximum absolute atomic E-state index is 12.5. The minimum absolute atomic E-state index is 0.179. The molecule has 3 aromatic rings. The summed E-state index contributed by atoms with van der Waals surface area (Å²) in [4.78, 5) is 28.6. The molecule has 33 heavy (non-hydrogen) atoms. The second-order valence-electron chi connectivity index (χ2n) is 8.48. The minimum atomic E-state index is -0.508. The Kier molecular flexibility index (Phi) is 7.28. The monoisotopic (exact) mass is 444 g/mol. The summed E-state index contributed by atoms with van der Waals surface area (Å²) in [7, 11) is 3.14. The van der Waals surface area contributed by atoms with Gasteiger partial charge in [-0.25, -0.2) is 9.78 Å². The number of rotatable bonds is 6. The van der Waals surface area contributed by atoms with Crippen molar-refractivity contribution in [3.8, 4) is 11.5 Å². The highest BCUT2D eigenvalue weighted by Crippen LogP contribution is 2.32. The summed E-state index contributed by atoms with van der Waals surface area (Å²) in [6.45, 7) is 6.16. The first-order valence-corrected chi connectivity index (χ1v) is 10.6. The fraction of sp³-hybridized carbons (Fsp3) is 0.222. The van der Waals surface area contributed by atoms with Crippen LogP contribution in [0.4, 0.5) is 4.79 Å². The molecule has 6 nitrogen and oxygen atoms in total. The zero-order chi connectivity index (χ0) is 24.0. The van der Waals surface area contributed by atoms with Gasteiger partial charge in [-0.3, -0.25) is 4.79 Å². The zero-order valence-electron chi connectivity index (χ0n) is 19.5. The maximum atomic E-state index is 12.5. The first kappa shape index (κ1) is 23.7. The molecule has 0 fully saturated rings. The second-order valence-corrected chi connectivity index (χ2v) is 8.48. The van der Waals surface area contributed by atoms with Crippen LogP contribution in [0.2, 0.25) is 0 Å². The van der Waals surface area contributed by atoms with E-state index in [0.29, 0.717) is 11.4 Å². The molecule has 0 aliphatic rings. The summed E-state index contributed by atoms with van der Waals surface area (Å²) in [5.41, 5.74) is 2.73. The molecule has 0 saturated heterocycles. The van der Waals surface area contributed by atoms with Gasteiger partial charge in [0.05, 0.1) is 12.6 Å². The molecule has 0 radical (unpaired) electrons. The number of ketones is 1. The average molecular weight is 445 g/mol. The normalized spacial score (nSPS) is 11.8. The van der Waals surface area contributed by atoms with Crippen molar-refractivity contribution in [2.24, 2.45) is 0 Å². The smallest absolute Gasteiger partial charge is 0.412 e. The van der Waals surface area contributed by atoms with Crippen LogP contribution in [0.1, 0.15) is 42.4 Å². The lowest BCUT2D eigenvalue weighted by Crippen LogP contribution is -2.24. The van der Waals surface area contributed by atoms with Crippen LogP contribution in [0.3, 0.4) is 0 Å². The van der Waals surface area contributed by atoms with Crippen LogP contribution in [-0.2, 0) is 5.41 Å². The fourth-order valence-corrected chi connectivity index (χ4v) is 3.24. The van der Waals surface area contributed by atoms with Gasteiger partial charge in [-0.15, -0.1) is 0 Å². The van der Waals surface area contributed by atoms with E-state index < -0.39 is 6.09 Å². The van der Waals surface area contributed by atoms with Gasteiger partial charge in [0.25, 0.3) is 0 Å². The number of fused-ring (bicyclic) bond motifs is 1. The van der Waals surface area contributed by atoms with Crippen LogP contribution in [0.25, 0.3) is 17.0 Å². The van der Waals surface area contributed by atoms with Crippen LogP contribution >= 0.6 is 0 Å². The number of ether oxygens (including phenoxy) is 2. The van der Waals surface area contributed by atoms with E-state index in [4.69, 9.17) is 9.47 Å². The topological polar surface area (TPSA) is 77.5 Å². The first-order chi connectivity index (χ1) is 15.7. The van der Waals surface area contributed by atoms with Crippen molar-refractivity contribution in [3.63, 3.8) is 0 Å². The van der Waals surface area contributed by atoms with E-state index in [1.165, 1.54) is 13.1 Å². The van der Waals surface area contributed by atoms with E-state index in [2.05, 4.69) is 31.1 Å². The Bertz CT molecular complexity index is 1240. The predicted octanol–water partition coefficient (Wildman–Crippen LogP) is 5.71. The van der Waals surface area contributed by atoms with Crippen molar-refractivity contribution >= 4 is 28.9 Å². The van der Waals surface area contributed by atoms with Gasteiger partial charge >= 0.3 is 6.09 Å². The number of benzene rings is 2. The van der Waals surface area contributed by atoms with Gasteiger partial charge in [0.2, 0.25) is 5.78 Å². The molecule has 0 aliphatic carbocycles. The number of methoxy groups -OCH3 is 1. The summed E-state index contributed by atoms with van der Waals surface area (Å²) in [6, 6.07) is 14.7. The first-order valence-electron chi connectivity index (χ1n) is 10.6. The lowest BCUT2D eigenvalue weighted by atomic mass is 9.85. The number of nitrogens with zero attached hydrogens (tertiary/aromatic N) is 1. The average Bonchev–Trinajstić information content (AvgIpc) is 2.80. The number of hydrogen-bond donors (Lipinski definition) is 1. The molecule has 0 atom stereocenters. The van der Waals surface area contributed by atoms with Crippen molar-refractivity contribution in [1.82, 2.24) is 10.3 Å². The van der Waals surface area contributed by atoms with Crippen molar-refractivity contribution in [2.45, 2.75) is 26.2 Å². The molecule has 3 rings (SSSR count). The van der Waals surface area contributed by atoms with Crippen LogP contribution in [0.15, 0.2) is 66.8 Å². The number of allylic oxidation sites excluding steroid dienone is 3. The van der Waals surface area contributed by atoms with Gasteiger partial charge in [-0.1, -0.05) is 51.1 Å². The third-order valence-electron chi connectivity index (χ3n) is 5.01. The van der Waals surface area contributed by atoms with E-state index in [1.807, 2.05) is 42.5 Å². The highest BCUT2D eigenvalue weighted by atomic mass is 16.6. The van der Waals surface area contributed by atoms with Gasteiger partial charge in [0.15, 0.2) is 0 Å². The van der Waals surface area contributed by atoms with Crippen LogP contribution in [-0.4, -0.2) is 31.0 Å². The van der Waals surface area contributed by atoms with E-state index in [9.17, 15) is 9.59 Å². The molecule has 6 heteroatoms. The van der Waals surface area contributed by atoms with Crippen molar-refractivity contribution in [1.29, 1.82) is 0 Å². The van der Waals surface area contributed by atoms with E-state index in [-0.39, 0.29) is 11.2 Å². The highest BCUT2D eigenvalue weighted by molar-refractivity contribution is 6.04. The summed E-state index contributed by atoms with van der Waals surface area (Å²) in [5.74, 6) is 1.09. The van der Waals surface area contributed by atoms with Crippen LogP contribution < -0.4 is 14.8 Å². The summed E-state index contributed by atoms with van der Waals surface area (Å²) < 4.78 is 10.6. The maximum Gasteiger partial charge on any atom is 0.412 e. The minimum Gasteiger partial charge on any atom is -0.497 e. The molecule has 2 aromatic carbocycles. The van der Waals surface area contributed by atoms with Crippen LogP contribution in [0, 0.1) is 0 Å². The van der Waals surface area contributed by atoms with Crippen LogP contribution in [0.5, 0.6) is 11.5 Å². The number of carbonyl (C=O) groups excluding carboxylic acids is 2. The Hall–Kier alpha value is -3.93. The van der Waals surface area contributed by atoms with Gasteiger partial charge in [-0.05, 0) is 53.5 Å². The lowest BCUT2D eigenvalue weighted by molar-refractivity contribution is 0.104. The summed E-state index contributed by atoms with van der Waals surface area (Å²) in [6.07, 6.45) is 6.36. The molecule has 0 spiro atoms. The fourth-order valence-electron chi connectivity index (χ4n) is 3.24. The Balaban J connectivity index is 1.74. The quantitative estimate of drug-likeness (QED) is 0.299. The molecule has 1 N–H and O–H groups in total. The second kappa shape index (κ2) is 10.1. The van der Waals surface area contributed by atoms with Gasteiger partial charge in [0.1, 0.15) is 17.2 Å². The zero-order valence-corrected chi connectivity index (χ0v) is 19.5. The molecule has 1 heterocycles. The van der Waals surface area contributed by atoms with Crippen molar-refractivity contribution in [2.75, 3.05) is 14.2 Å². The standard InChI is InChI=1S/C27H28N2O4/c1-27(2,3)21-16-18(10-15-25(21)33-26(31)28-4)8-6-7-9-24(30)23-13-11-19-17-20(32-5)12-14-22(19)29-23/h6-17H,1-5H3,(H,28,31)/b8-6+,9-7+. The number of nitrogens with one attached hydrogen (secondary N) is 1. The van der Waals surface area contributed by atoms with Crippen molar-refractivity contribution < 1.29 is 19.1 Å². The van der Waals surface area contributed by atoms with Gasteiger partial charge < -0.3 is 14.8 Å². The molecule has 0 aliphatic heterocycles. The third kappa shape index (κ3) is 6.07. The van der Waals surface area contributed by atoms with Gasteiger partial charge in [-0.2, -0.15) is 0 Å². The number of aromatic nitrogens is 1. The number of hydrogen-bond acceptors (Lipinski definition) is 5. The Morgan fingerprint density at radius 1 is 1.00 bits per heavy atom. The Morgan fingerprint density at radius 3 is 2.48 bits per heavy atom. The molecule has 1 aromatic heterocycles. The van der Waals surface area contributed by atoms with Crippen molar-refractivity contribution in [3.05, 3.63) is 83.6 Å². The van der Waals surface area contributed by atoms with E-state index >= 15 is 0 Å². The molecule has 170 valence electrons. The Morgan fingerprint density at radius 2 is 1.79 bits per heavy atom.